The minimum absolute atomic E-state index is 0.249. The molecule has 0 spiro atoms. The molecule has 0 saturated carbocycles. The lowest BCUT2D eigenvalue weighted by atomic mass is 9.82. The van der Waals surface area contributed by atoms with E-state index in [0.29, 0.717) is 11.7 Å². The Kier molecular flexibility index (Phi) is 4.84. The van der Waals surface area contributed by atoms with Crippen molar-refractivity contribution in [2.75, 3.05) is 0 Å². The van der Waals surface area contributed by atoms with E-state index in [-0.39, 0.29) is 26.6 Å². The van der Waals surface area contributed by atoms with E-state index in [0.717, 1.165) is 12.0 Å². The topological polar surface area (TPSA) is 17.1 Å². The molecular weight excluding hydrogens is 359 g/mol. The summed E-state index contributed by atoms with van der Waals surface area (Å²) in [6.07, 6.45) is 5.21. The highest BCUT2D eigenvalue weighted by Crippen LogP contribution is 2.27. The largest absolute Gasteiger partial charge is 0.354 e. The number of rotatable bonds is 3. The van der Waals surface area contributed by atoms with Crippen LogP contribution in [0.5, 0.6) is 0 Å². The number of benzene rings is 1. The van der Waals surface area contributed by atoms with Crippen molar-refractivity contribution in [3.63, 3.8) is 0 Å². The third-order valence-corrected chi connectivity index (χ3v) is 6.89. The zero-order valence-electron chi connectivity index (χ0n) is 12.6. The number of halogens is 1. The monoisotopic (exact) mass is 381 g/mol. The van der Waals surface area contributed by atoms with Crippen LogP contribution in [0.2, 0.25) is 0 Å². The fraction of sp³-hybridized carbons (Fsp3) is 0.389. The molecule has 20 heavy (non-hydrogen) atoms. The summed E-state index contributed by atoms with van der Waals surface area (Å²) in [7, 11) is 0. The Morgan fingerprint density at radius 2 is 1.85 bits per heavy atom. The molecule has 0 aliphatic heterocycles. The normalized spacial score (nSPS) is 19.3. The van der Waals surface area contributed by atoms with E-state index >= 15 is 0 Å². The Morgan fingerprint density at radius 3 is 2.45 bits per heavy atom. The average molecular weight is 381 g/mol. The van der Waals surface area contributed by atoms with E-state index in [2.05, 4.69) is 43.3 Å². The predicted octanol–water partition coefficient (Wildman–Crippen LogP) is 1.41. The van der Waals surface area contributed by atoms with Crippen LogP contribution in [-0.4, -0.2) is 5.78 Å². The smallest absolute Gasteiger partial charge is 0.294 e. The maximum atomic E-state index is 12.7. The molecule has 0 amide bonds. The summed E-state index contributed by atoms with van der Waals surface area (Å²) >= 11 is -0.249. The van der Waals surface area contributed by atoms with Crippen molar-refractivity contribution in [1.82, 2.24) is 0 Å². The van der Waals surface area contributed by atoms with Crippen LogP contribution in [0, 0.1) is 14.9 Å². The molecule has 1 nitrogen and oxygen atoms in total. The van der Waals surface area contributed by atoms with Crippen LogP contribution in [0.25, 0.3) is 0 Å². The van der Waals surface area contributed by atoms with Crippen molar-refractivity contribution >= 4 is 5.78 Å². The van der Waals surface area contributed by atoms with Gasteiger partial charge in [-0.25, -0.2) is 0 Å². The molecule has 2 heteroatoms. The zero-order valence-corrected chi connectivity index (χ0v) is 14.8. The highest BCUT2D eigenvalue weighted by molar-refractivity contribution is 6.00. The fourth-order valence-corrected chi connectivity index (χ4v) is 5.17. The molecule has 1 aromatic rings. The lowest BCUT2D eigenvalue weighted by molar-refractivity contribution is -0.582. The molecule has 0 fully saturated rings. The van der Waals surface area contributed by atoms with Crippen molar-refractivity contribution < 1.29 is 26.0 Å². The SMILES string of the molecule is CC1C=CCC(C(=O)C(C)(C)C)=C1[I+]c1ccccc1. The predicted molar refractivity (Wildman–Crippen MR) is 79.5 cm³/mol. The molecule has 0 heterocycles. The number of hydrogen-bond donors (Lipinski definition) is 0. The summed E-state index contributed by atoms with van der Waals surface area (Å²) in [4.78, 5) is 12.7. The van der Waals surface area contributed by atoms with E-state index in [1.165, 1.54) is 7.15 Å². The number of Topliss-reactive ketones (excluding diaryl/α,β-unsaturated/α-hetero) is 1. The van der Waals surface area contributed by atoms with Crippen LogP contribution in [0.15, 0.2) is 51.6 Å². The van der Waals surface area contributed by atoms with Crippen molar-refractivity contribution in [2.45, 2.75) is 34.1 Å². The lowest BCUT2D eigenvalue weighted by Gasteiger charge is -2.21. The van der Waals surface area contributed by atoms with Crippen molar-refractivity contribution in [3.8, 4) is 0 Å². The van der Waals surface area contributed by atoms with Crippen molar-refractivity contribution in [1.29, 1.82) is 0 Å². The van der Waals surface area contributed by atoms with E-state index in [1.54, 1.807) is 0 Å². The number of ketones is 1. The second-order valence-electron chi connectivity index (χ2n) is 6.22. The minimum atomic E-state index is -0.286. The van der Waals surface area contributed by atoms with Gasteiger partial charge < -0.3 is 0 Å². The van der Waals surface area contributed by atoms with Gasteiger partial charge in [0.15, 0.2) is 12.9 Å². The number of hydrogen-bond acceptors (Lipinski definition) is 1. The van der Waals surface area contributed by atoms with Gasteiger partial charge in [0.2, 0.25) is 0 Å². The maximum Gasteiger partial charge on any atom is 0.354 e. The number of carbonyl (C=O) groups excluding carboxylic acids is 1. The lowest BCUT2D eigenvalue weighted by Crippen LogP contribution is -3.61. The molecule has 0 saturated heterocycles. The molecule has 0 radical (unpaired) electrons. The molecule has 1 aromatic carbocycles. The van der Waals surface area contributed by atoms with E-state index in [9.17, 15) is 4.79 Å². The van der Waals surface area contributed by atoms with E-state index in [4.69, 9.17) is 0 Å². The van der Waals surface area contributed by atoms with Crippen LogP contribution in [-0.2, 0) is 4.79 Å². The molecule has 1 unspecified atom stereocenters. The van der Waals surface area contributed by atoms with Crippen LogP contribution in [0.3, 0.4) is 0 Å². The summed E-state index contributed by atoms with van der Waals surface area (Å²) in [5.41, 5.74) is 0.787. The third kappa shape index (κ3) is 3.60. The van der Waals surface area contributed by atoms with Crippen LogP contribution in [0.4, 0.5) is 0 Å². The van der Waals surface area contributed by atoms with Gasteiger partial charge in [-0.15, -0.1) is 0 Å². The van der Waals surface area contributed by atoms with Gasteiger partial charge in [0.05, 0.1) is 0 Å². The quantitative estimate of drug-likeness (QED) is 0.572. The standard InChI is InChI=1S/C18H22IO/c1-13-9-8-12-15(17(20)18(2,3)4)16(13)19-14-10-6-5-7-11-14/h5-11,13H,12H2,1-4H3/q+1. The van der Waals surface area contributed by atoms with Crippen LogP contribution >= 0.6 is 0 Å². The Balaban J connectivity index is 2.36. The van der Waals surface area contributed by atoms with Gasteiger partial charge in [-0.1, -0.05) is 58.0 Å². The number of carbonyl (C=O) groups is 1. The van der Waals surface area contributed by atoms with Gasteiger partial charge in [0, 0.05) is 16.9 Å². The molecule has 0 N–H and O–H groups in total. The summed E-state index contributed by atoms with van der Waals surface area (Å²) in [5.74, 6) is 0.720. The second-order valence-corrected chi connectivity index (χ2v) is 9.16. The fourth-order valence-electron chi connectivity index (χ4n) is 2.24. The van der Waals surface area contributed by atoms with Gasteiger partial charge in [0.25, 0.3) is 0 Å². The molecule has 2 rings (SSSR count). The average Bonchev–Trinajstić information content (AvgIpc) is 2.40. The first-order valence-electron chi connectivity index (χ1n) is 7.04. The third-order valence-electron chi connectivity index (χ3n) is 3.33. The highest BCUT2D eigenvalue weighted by Gasteiger charge is 2.36. The van der Waals surface area contributed by atoms with Crippen LogP contribution in [0.1, 0.15) is 34.1 Å². The highest BCUT2D eigenvalue weighted by atomic mass is 127. The molecule has 1 atom stereocenters. The molecule has 0 aromatic heterocycles. The van der Waals surface area contributed by atoms with Gasteiger partial charge in [-0.3, -0.25) is 4.79 Å². The molecule has 1 aliphatic rings. The van der Waals surface area contributed by atoms with Gasteiger partial charge in [-0.2, -0.15) is 0 Å². The summed E-state index contributed by atoms with van der Waals surface area (Å²) in [6, 6.07) is 10.6. The first-order valence-corrected chi connectivity index (χ1v) is 9.19. The van der Waals surface area contributed by atoms with Gasteiger partial charge in [-0.05, 0) is 18.6 Å². The van der Waals surface area contributed by atoms with Crippen molar-refractivity contribution in [2.24, 2.45) is 11.3 Å². The Morgan fingerprint density at radius 1 is 1.20 bits per heavy atom. The summed E-state index contributed by atoms with van der Waals surface area (Å²) in [6.45, 7) is 8.26. The number of allylic oxidation sites excluding steroid dienone is 4. The van der Waals surface area contributed by atoms with Gasteiger partial charge in [0.1, 0.15) is 0 Å². The van der Waals surface area contributed by atoms with E-state index < -0.39 is 0 Å². The molecule has 106 valence electrons. The van der Waals surface area contributed by atoms with E-state index in [1.807, 2.05) is 26.8 Å². The Hall–Kier alpha value is -0.900. The first kappa shape index (κ1) is 15.5. The zero-order chi connectivity index (χ0) is 14.8. The summed E-state index contributed by atoms with van der Waals surface area (Å²) in [5, 5.41) is 0. The molecule has 0 bridgehead atoms. The minimum Gasteiger partial charge on any atom is -0.294 e. The van der Waals surface area contributed by atoms with Crippen LogP contribution < -0.4 is 21.2 Å². The first-order chi connectivity index (χ1) is 9.39. The summed E-state index contributed by atoms with van der Waals surface area (Å²) < 4.78 is 2.79. The van der Waals surface area contributed by atoms with Crippen molar-refractivity contribution in [3.05, 3.63) is 55.2 Å². The molecular formula is C18H22IO+. The van der Waals surface area contributed by atoms with Gasteiger partial charge >= 0.3 is 21.2 Å². The Bertz CT molecular complexity index is 547. The molecule has 1 aliphatic carbocycles. The maximum absolute atomic E-state index is 12.7. The Labute approximate surface area is 132 Å². The second kappa shape index (κ2) is 6.25.